The molecule has 0 atom stereocenters. The van der Waals surface area contributed by atoms with E-state index in [0.717, 1.165) is 10.5 Å². The number of amides is 2. The second-order valence-corrected chi connectivity index (χ2v) is 4.08. The van der Waals surface area contributed by atoms with E-state index in [1.165, 1.54) is 7.05 Å². The van der Waals surface area contributed by atoms with E-state index >= 15 is 0 Å². The van der Waals surface area contributed by atoms with Crippen molar-refractivity contribution in [2.75, 3.05) is 20.1 Å². The third-order valence-corrected chi connectivity index (χ3v) is 2.44. The first kappa shape index (κ1) is 14.7. The van der Waals surface area contributed by atoms with Gasteiger partial charge in [-0.3, -0.25) is 14.4 Å². The van der Waals surface area contributed by atoms with E-state index in [4.69, 9.17) is 5.11 Å². The molecule has 1 rings (SSSR count). The van der Waals surface area contributed by atoms with Crippen molar-refractivity contribution in [2.45, 2.75) is 6.42 Å². The Balaban J connectivity index is 2.34. The molecule has 2 N–H and O–H groups in total. The predicted molar refractivity (Wildman–Crippen MR) is 68.4 cm³/mol. The van der Waals surface area contributed by atoms with Crippen molar-refractivity contribution < 1.29 is 19.5 Å². The van der Waals surface area contributed by atoms with Gasteiger partial charge >= 0.3 is 5.97 Å². The lowest BCUT2D eigenvalue weighted by Crippen LogP contribution is -2.40. The maximum Gasteiger partial charge on any atom is 0.323 e. The van der Waals surface area contributed by atoms with Crippen LogP contribution in [0.5, 0.6) is 0 Å². The van der Waals surface area contributed by atoms with Crippen LogP contribution in [0.15, 0.2) is 30.3 Å². The molecule has 1 aromatic rings. The molecule has 0 heterocycles. The van der Waals surface area contributed by atoms with Crippen LogP contribution in [0.2, 0.25) is 0 Å². The molecule has 0 saturated heterocycles. The summed E-state index contributed by atoms with van der Waals surface area (Å²) in [6, 6.07) is 9.14. The summed E-state index contributed by atoms with van der Waals surface area (Å²) in [5.74, 6) is -1.81. The van der Waals surface area contributed by atoms with E-state index in [2.05, 4.69) is 5.32 Å². The number of nitrogens with one attached hydrogen (secondary N) is 1. The normalized spacial score (nSPS) is 9.74. The number of benzene rings is 1. The zero-order valence-electron chi connectivity index (χ0n) is 10.6. The van der Waals surface area contributed by atoms with Gasteiger partial charge in [-0.25, -0.2) is 0 Å². The van der Waals surface area contributed by atoms with Gasteiger partial charge in [-0.15, -0.1) is 0 Å². The molecule has 0 radical (unpaired) electrons. The third-order valence-electron chi connectivity index (χ3n) is 2.44. The van der Waals surface area contributed by atoms with Crippen LogP contribution in [0.25, 0.3) is 0 Å². The smallest absolute Gasteiger partial charge is 0.323 e. The van der Waals surface area contributed by atoms with Crippen LogP contribution in [0.1, 0.15) is 5.56 Å². The van der Waals surface area contributed by atoms with Gasteiger partial charge in [-0.1, -0.05) is 30.3 Å². The number of carboxylic acid groups (broad SMARTS) is 1. The zero-order chi connectivity index (χ0) is 14.3. The molecule has 6 heteroatoms. The summed E-state index contributed by atoms with van der Waals surface area (Å²) in [4.78, 5) is 34.5. The molecular weight excluding hydrogens is 248 g/mol. The molecule has 0 bridgehead atoms. The van der Waals surface area contributed by atoms with Crippen LogP contribution in [-0.2, 0) is 20.8 Å². The van der Waals surface area contributed by atoms with Gasteiger partial charge in [-0.05, 0) is 5.56 Å². The number of rotatable bonds is 6. The van der Waals surface area contributed by atoms with Crippen LogP contribution in [0, 0.1) is 0 Å². The van der Waals surface area contributed by atoms with Crippen molar-refractivity contribution in [3.05, 3.63) is 35.9 Å². The lowest BCUT2D eigenvalue weighted by atomic mass is 10.1. The summed E-state index contributed by atoms with van der Waals surface area (Å²) >= 11 is 0. The second-order valence-electron chi connectivity index (χ2n) is 4.08. The first-order valence-corrected chi connectivity index (χ1v) is 5.75. The number of carboxylic acids is 1. The number of likely N-dealkylation sites (N-methyl/N-ethyl adjacent to an activating group) is 1. The van der Waals surface area contributed by atoms with Crippen molar-refractivity contribution in [1.82, 2.24) is 10.2 Å². The van der Waals surface area contributed by atoms with Crippen molar-refractivity contribution in [3.63, 3.8) is 0 Å². The highest BCUT2D eigenvalue weighted by molar-refractivity contribution is 5.87. The van der Waals surface area contributed by atoms with Gasteiger partial charge in [0.25, 0.3) is 0 Å². The van der Waals surface area contributed by atoms with Crippen LogP contribution in [0.3, 0.4) is 0 Å². The molecule has 0 aliphatic heterocycles. The van der Waals surface area contributed by atoms with Crippen molar-refractivity contribution >= 4 is 17.8 Å². The molecule has 19 heavy (non-hydrogen) atoms. The molecule has 2 amide bonds. The van der Waals surface area contributed by atoms with Crippen LogP contribution >= 0.6 is 0 Å². The largest absolute Gasteiger partial charge is 0.480 e. The Morgan fingerprint density at radius 3 is 2.42 bits per heavy atom. The van der Waals surface area contributed by atoms with E-state index in [-0.39, 0.29) is 25.4 Å². The molecule has 6 nitrogen and oxygen atoms in total. The number of aliphatic carboxylic acids is 1. The highest BCUT2D eigenvalue weighted by Crippen LogP contribution is 1.98. The minimum atomic E-state index is -1.09. The molecular formula is C13H16N2O4. The Labute approximate surface area is 111 Å². The molecule has 0 saturated carbocycles. The summed E-state index contributed by atoms with van der Waals surface area (Å²) in [6.45, 7) is -0.581. The number of nitrogens with zero attached hydrogens (tertiary/aromatic N) is 1. The fraction of sp³-hybridized carbons (Fsp3) is 0.308. The molecule has 0 fully saturated rings. The van der Waals surface area contributed by atoms with Gasteiger partial charge in [0.05, 0.1) is 13.0 Å². The molecule has 102 valence electrons. The maximum absolute atomic E-state index is 11.6. The maximum atomic E-state index is 11.6. The van der Waals surface area contributed by atoms with Gasteiger partial charge in [0.15, 0.2) is 0 Å². The highest BCUT2D eigenvalue weighted by Gasteiger charge is 2.13. The SMILES string of the molecule is CN(CC(=O)O)C(=O)CNC(=O)Cc1ccccc1. The number of hydrogen-bond donors (Lipinski definition) is 2. The summed E-state index contributed by atoms with van der Waals surface area (Å²) in [5, 5.41) is 11.0. The molecule has 0 spiro atoms. The standard InChI is InChI=1S/C13H16N2O4/c1-15(9-13(18)19)12(17)8-14-11(16)7-10-5-3-2-4-6-10/h2-6H,7-9H2,1H3,(H,14,16)(H,18,19). The van der Waals surface area contributed by atoms with Crippen molar-refractivity contribution in [3.8, 4) is 0 Å². The molecule has 0 aliphatic rings. The van der Waals surface area contributed by atoms with Gasteiger partial charge < -0.3 is 15.3 Å². The van der Waals surface area contributed by atoms with E-state index < -0.39 is 11.9 Å². The van der Waals surface area contributed by atoms with E-state index in [9.17, 15) is 14.4 Å². The summed E-state index contributed by atoms with van der Waals surface area (Å²) in [5.41, 5.74) is 0.853. The highest BCUT2D eigenvalue weighted by atomic mass is 16.4. The lowest BCUT2D eigenvalue weighted by Gasteiger charge is -2.14. The van der Waals surface area contributed by atoms with Gasteiger partial charge in [0.1, 0.15) is 6.54 Å². The number of hydrogen-bond acceptors (Lipinski definition) is 3. The minimum absolute atomic E-state index is 0.191. The Morgan fingerprint density at radius 1 is 1.21 bits per heavy atom. The van der Waals surface area contributed by atoms with Crippen molar-refractivity contribution in [2.24, 2.45) is 0 Å². The average Bonchev–Trinajstić information content (AvgIpc) is 2.36. The second kappa shape index (κ2) is 7.15. The Kier molecular flexibility index (Phi) is 5.53. The van der Waals surface area contributed by atoms with E-state index in [1.807, 2.05) is 30.3 Å². The van der Waals surface area contributed by atoms with Gasteiger partial charge in [-0.2, -0.15) is 0 Å². The quantitative estimate of drug-likeness (QED) is 0.750. The average molecular weight is 264 g/mol. The van der Waals surface area contributed by atoms with Gasteiger partial charge in [0.2, 0.25) is 11.8 Å². The minimum Gasteiger partial charge on any atom is -0.480 e. The Bertz CT molecular complexity index is 459. The first-order valence-electron chi connectivity index (χ1n) is 5.75. The summed E-state index contributed by atoms with van der Waals surface area (Å²) in [7, 11) is 1.37. The third kappa shape index (κ3) is 5.67. The first-order chi connectivity index (χ1) is 8.99. The van der Waals surface area contributed by atoms with Crippen molar-refractivity contribution in [1.29, 1.82) is 0 Å². The number of carbonyl (C=O) groups is 3. The summed E-state index contributed by atoms with van der Waals surface area (Å²) < 4.78 is 0. The Morgan fingerprint density at radius 2 is 1.84 bits per heavy atom. The topological polar surface area (TPSA) is 86.7 Å². The molecule has 1 aromatic carbocycles. The van der Waals surface area contributed by atoms with Crippen LogP contribution < -0.4 is 5.32 Å². The Hall–Kier alpha value is -2.37. The van der Waals surface area contributed by atoms with Gasteiger partial charge in [0, 0.05) is 7.05 Å². The van der Waals surface area contributed by atoms with Crippen LogP contribution in [-0.4, -0.2) is 47.9 Å². The number of carbonyl (C=O) groups excluding carboxylic acids is 2. The lowest BCUT2D eigenvalue weighted by molar-refractivity contribution is -0.143. The molecule has 0 aliphatic carbocycles. The van der Waals surface area contributed by atoms with Crippen LogP contribution in [0.4, 0.5) is 0 Å². The molecule has 0 aromatic heterocycles. The fourth-order valence-corrected chi connectivity index (χ4v) is 1.44. The predicted octanol–water partition coefficient (Wildman–Crippen LogP) is -0.112. The summed E-state index contributed by atoms with van der Waals surface area (Å²) in [6.07, 6.45) is 0.191. The fourth-order valence-electron chi connectivity index (χ4n) is 1.44. The van der Waals surface area contributed by atoms with E-state index in [1.54, 1.807) is 0 Å². The molecule has 0 unspecified atom stereocenters. The zero-order valence-corrected chi connectivity index (χ0v) is 10.6. The van der Waals surface area contributed by atoms with E-state index in [0.29, 0.717) is 0 Å². The monoisotopic (exact) mass is 264 g/mol.